The van der Waals surface area contributed by atoms with Crippen LogP contribution in [-0.4, -0.2) is 22.0 Å². The highest BCUT2D eigenvalue weighted by molar-refractivity contribution is 5.98. The Morgan fingerprint density at radius 2 is 2.00 bits per heavy atom. The van der Waals surface area contributed by atoms with E-state index in [1.165, 1.54) is 10.5 Å². The first-order valence-electron chi connectivity index (χ1n) is 9.41. The van der Waals surface area contributed by atoms with Crippen LogP contribution in [0.4, 0.5) is 0 Å². The van der Waals surface area contributed by atoms with Crippen molar-refractivity contribution in [3.63, 3.8) is 0 Å². The first-order chi connectivity index (χ1) is 14.3. The van der Waals surface area contributed by atoms with Crippen molar-refractivity contribution >= 4 is 17.7 Å². The van der Waals surface area contributed by atoms with Crippen LogP contribution >= 0.6 is 0 Å². The average Bonchev–Trinajstić information content (AvgIpc) is 2.71. The second-order valence-corrected chi connectivity index (χ2v) is 6.78. The van der Waals surface area contributed by atoms with Gasteiger partial charge in [0.1, 0.15) is 28.6 Å². The summed E-state index contributed by atoms with van der Waals surface area (Å²) in [5, 5.41) is 9.40. The van der Waals surface area contributed by atoms with E-state index in [4.69, 9.17) is 9.47 Å². The molecule has 0 aliphatic rings. The normalized spacial score (nSPS) is 11.2. The van der Waals surface area contributed by atoms with Crippen molar-refractivity contribution in [2.45, 2.75) is 27.7 Å². The Labute approximate surface area is 173 Å². The minimum atomic E-state index is -0.814. The van der Waals surface area contributed by atoms with Gasteiger partial charge in [-0.15, -0.1) is 0 Å². The second-order valence-electron chi connectivity index (χ2n) is 6.78. The van der Waals surface area contributed by atoms with Crippen LogP contribution in [-0.2, 0) is 9.53 Å². The zero-order chi connectivity index (χ0) is 21.8. The lowest BCUT2D eigenvalue weighted by molar-refractivity contribution is -0.137. The highest BCUT2D eigenvalue weighted by atomic mass is 16.5. The van der Waals surface area contributed by atoms with Gasteiger partial charge in [-0.25, -0.2) is 4.79 Å². The van der Waals surface area contributed by atoms with Gasteiger partial charge >= 0.3 is 5.97 Å². The zero-order valence-electron chi connectivity index (χ0n) is 17.2. The molecule has 0 aliphatic carbocycles. The summed E-state index contributed by atoms with van der Waals surface area (Å²) in [5.74, 6) is -0.278. The fourth-order valence-electron chi connectivity index (χ4n) is 3.00. The minimum absolute atomic E-state index is 0.0114. The molecule has 0 bridgehead atoms. The van der Waals surface area contributed by atoms with Crippen LogP contribution in [0.1, 0.15) is 29.2 Å². The molecule has 7 nitrogen and oxygen atoms in total. The number of pyridine rings is 1. The third-order valence-electron chi connectivity index (χ3n) is 4.49. The van der Waals surface area contributed by atoms with E-state index in [9.17, 15) is 14.9 Å². The molecule has 0 unspecified atom stereocenters. The molecule has 0 fully saturated rings. The first-order valence-corrected chi connectivity index (χ1v) is 9.41. The van der Waals surface area contributed by atoms with E-state index < -0.39 is 11.5 Å². The predicted molar refractivity (Wildman–Crippen MR) is 112 cm³/mol. The second kappa shape index (κ2) is 8.62. The van der Waals surface area contributed by atoms with Crippen molar-refractivity contribution in [2.75, 3.05) is 6.61 Å². The maximum absolute atomic E-state index is 13.2. The molecule has 0 saturated heterocycles. The van der Waals surface area contributed by atoms with Gasteiger partial charge < -0.3 is 9.47 Å². The van der Waals surface area contributed by atoms with E-state index in [2.05, 4.69) is 4.98 Å². The number of fused-ring (bicyclic) bond motifs is 1. The molecule has 0 amide bonds. The van der Waals surface area contributed by atoms with Crippen molar-refractivity contribution in [3.05, 3.63) is 74.7 Å². The van der Waals surface area contributed by atoms with E-state index in [0.29, 0.717) is 11.4 Å². The average molecular weight is 403 g/mol. The topological polar surface area (TPSA) is 93.7 Å². The van der Waals surface area contributed by atoms with Gasteiger partial charge in [0.15, 0.2) is 0 Å². The van der Waals surface area contributed by atoms with Crippen LogP contribution in [0.25, 0.3) is 11.7 Å². The fourth-order valence-corrected chi connectivity index (χ4v) is 3.00. The molecule has 2 heterocycles. The number of hydrogen-bond acceptors (Lipinski definition) is 6. The lowest BCUT2D eigenvalue weighted by Crippen LogP contribution is -2.20. The van der Waals surface area contributed by atoms with Gasteiger partial charge in [0.2, 0.25) is 5.88 Å². The molecule has 30 heavy (non-hydrogen) atoms. The van der Waals surface area contributed by atoms with Crippen LogP contribution in [0.15, 0.2) is 46.9 Å². The van der Waals surface area contributed by atoms with Crippen LogP contribution < -0.4 is 10.3 Å². The lowest BCUT2D eigenvalue weighted by Gasteiger charge is -2.13. The summed E-state index contributed by atoms with van der Waals surface area (Å²) in [5.41, 5.74) is 2.35. The molecule has 1 aromatic carbocycles. The molecule has 0 radical (unpaired) electrons. The van der Waals surface area contributed by atoms with Gasteiger partial charge in [-0.1, -0.05) is 23.8 Å². The number of ether oxygens (including phenoxy) is 2. The van der Waals surface area contributed by atoms with E-state index in [1.807, 2.05) is 39.0 Å². The molecular weight excluding hydrogens is 382 g/mol. The molecule has 152 valence electrons. The number of carbonyl (C=O) groups excluding carboxylic acids is 1. The summed E-state index contributed by atoms with van der Waals surface area (Å²) in [6.07, 6.45) is 2.74. The van der Waals surface area contributed by atoms with Crippen molar-refractivity contribution in [1.82, 2.24) is 9.38 Å². The third-order valence-corrected chi connectivity index (χ3v) is 4.49. The summed E-state index contributed by atoms with van der Waals surface area (Å²) < 4.78 is 12.3. The smallest absolute Gasteiger partial charge is 0.348 e. The Morgan fingerprint density at radius 3 is 2.67 bits per heavy atom. The maximum Gasteiger partial charge on any atom is 0.348 e. The van der Waals surface area contributed by atoms with Crippen molar-refractivity contribution in [2.24, 2.45) is 0 Å². The standard InChI is InChI=1S/C23H21N3O4/c1-5-29-23(28)17(13-24)12-18-21(30-19-9-8-14(2)11-16(19)4)25-20-15(3)7-6-10-26(20)22(18)27/h6-12H,5H2,1-4H3/b17-12+. The van der Waals surface area contributed by atoms with Gasteiger partial charge in [-0.2, -0.15) is 10.2 Å². The van der Waals surface area contributed by atoms with Crippen molar-refractivity contribution < 1.29 is 14.3 Å². The monoisotopic (exact) mass is 403 g/mol. The van der Waals surface area contributed by atoms with Crippen molar-refractivity contribution in [3.8, 4) is 17.7 Å². The number of hydrogen-bond donors (Lipinski definition) is 0. The first kappa shape index (κ1) is 20.8. The van der Waals surface area contributed by atoms with Gasteiger partial charge in [-0.3, -0.25) is 9.20 Å². The van der Waals surface area contributed by atoms with Crippen LogP contribution in [0.5, 0.6) is 11.6 Å². The summed E-state index contributed by atoms with van der Waals surface area (Å²) in [6, 6.07) is 11.0. The number of nitrogens with zero attached hydrogens (tertiary/aromatic N) is 3. The van der Waals surface area contributed by atoms with Crippen LogP contribution in [0, 0.1) is 32.1 Å². The molecule has 2 aromatic heterocycles. The number of benzene rings is 1. The summed E-state index contributed by atoms with van der Waals surface area (Å²) in [6.45, 7) is 7.43. The van der Waals surface area contributed by atoms with E-state index in [0.717, 1.165) is 16.7 Å². The molecule has 0 N–H and O–H groups in total. The minimum Gasteiger partial charge on any atom is -0.462 e. The largest absolute Gasteiger partial charge is 0.462 e. The molecule has 3 rings (SSSR count). The lowest BCUT2D eigenvalue weighted by atomic mass is 10.1. The molecule has 0 spiro atoms. The fraction of sp³-hybridized carbons (Fsp3) is 0.217. The number of aromatic nitrogens is 2. The number of carbonyl (C=O) groups is 1. The summed E-state index contributed by atoms with van der Waals surface area (Å²) in [4.78, 5) is 29.8. The molecule has 7 heteroatoms. The van der Waals surface area contributed by atoms with Crippen LogP contribution in [0.2, 0.25) is 0 Å². The Kier molecular flexibility index (Phi) is 5.98. The molecule has 3 aromatic rings. The van der Waals surface area contributed by atoms with Crippen molar-refractivity contribution in [1.29, 1.82) is 5.26 Å². The number of nitriles is 1. The Morgan fingerprint density at radius 1 is 1.23 bits per heavy atom. The molecule has 0 atom stereocenters. The quantitative estimate of drug-likeness (QED) is 0.365. The Balaban J connectivity index is 2.27. The number of rotatable bonds is 5. The highest BCUT2D eigenvalue weighted by Crippen LogP contribution is 2.28. The Bertz CT molecular complexity index is 1270. The summed E-state index contributed by atoms with van der Waals surface area (Å²) >= 11 is 0. The van der Waals surface area contributed by atoms with Gasteiger partial charge in [-0.05, 0) is 57.0 Å². The van der Waals surface area contributed by atoms with Crippen LogP contribution in [0.3, 0.4) is 0 Å². The number of aryl methyl sites for hydroxylation is 3. The Hall–Kier alpha value is -3.92. The molecule has 0 saturated carbocycles. The molecule has 0 aliphatic heterocycles. The van der Waals surface area contributed by atoms with Gasteiger partial charge in [0.25, 0.3) is 5.56 Å². The maximum atomic E-state index is 13.2. The van der Waals surface area contributed by atoms with E-state index in [1.54, 1.807) is 31.3 Å². The van der Waals surface area contributed by atoms with Gasteiger partial charge in [0.05, 0.1) is 6.61 Å². The summed E-state index contributed by atoms with van der Waals surface area (Å²) in [7, 11) is 0. The zero-order valence-corrected chi connectivity index (χ0v) is 17.2. The van der Waals surface area contributed by atoms with E-state index in [-0.39, 0.29) is 23.6 Å². The van der Waals surface area contributed by atoms with Gasteiger partial charge in [0, 0.05) is 6.20 Å². The SMILES string of the molecule is CCOC(=O)/C(C#N)=C/c1c(Oc2ccc(C)cc2C)nc2c(C)cccn2c1=O. The number of esters is 1. The molecular formula is C23H21N3O4. The highest BCUT2D eigenvalue weighted by Gasteiger charge is 2.19. The predicted octanol–water partition coefficient (Wildman–Crippen LogP) is 3.88. The van der Waals surface area contributed by atoms with E-state index >= 15 is 0 Å². The third kappa shape index (κ3) is 4.08.